The maximum absolute atomic E-state index is 6.31. The molecule has 7 aliphatic rings. The molecule has 218 valence electrons. The van der Waals surface area contributed by atoms with Gasteiger partial charge >= 0.3 is 0 Å². The summed E-state index contributed by atoms with van der Waals surface area (Å²) in [5.41, 5.74) is 11.2. The maximum Gasteiger partial charge on any atom is 0.124 e. The quantitative estimate of drug-likeness (QED) is 0.361. The Morgan fingerprint density at radius 2 is 1.66 bits per heavy atom. The molecule has 2 aromatic rings. The van der Waals surface area contributed by atoms with E-state index in [0.29, 0.717) is 23.7 Å². The molecule has 1 fully saturated rings. The zero-order valence-corrected chi connectivity index (χ0v) is 25.2. The van der Waals surface area contributed by atoms with Crippen LogP contribution in [0.2, 0.25) is 0 Å². The molecule has 0 N–H and O–H groups in total. The van der Waals surface area contributed by atoms with Gasteiger partial charge in [-0.1, -0.05) is 91.1 Å². The fraction of sp³-hybridized carbons (Fsp3) is 0.286. The predicted molar refractivity (Wildman–Crippen MR) is 183 cm³/mol. The van der Waals surface area contributed by atoms with Gasteiger partial charge in [-0.25, -0.2) is 0 Å². The van der Waals surface area contributed by atoms with E-state index in [1.54, 1.807) is 0 Å². The van der Waals surface area contributed by atoms with Gasteiger partial charge in [-0.15, -0.1) is 0 Å². The van der Waals surface area contributed by atoms with E-state index in [1.165, 1.54) is 70.5 Å². The fourth-order valence-electron chi connectivity index (χ4n) is 8.56. The maximum atomic E-state index is 6.31. The second-order valence-electron chi connectivity index (χ2n) is 13.4. The number of hydrogen-bond donors (Lipinski definition) is 0. The summed E-state index contributed by atoms with van der Waals surface area (Å²) in [6, 6.07) is 15.0. The number of fused-ring (bicyclic) bond motifs is 6. The molecule has 2 aliphatic heterocycles. The number of anilines is 2. The zero-order chi connectivity index (χ0) is 29.0. The van der Waals surface area contributed by atoms with Crippen molar-refractivity contribution in [2.75, 3.05) is 4.90 Å². The van der Waals surface area contributed by atoms with Crippen LogP contribution in [-0.2, 0) is 4.74 Å². The van der Waals surface area contributed by atoms with Crippen molar-refractivity contribution < 1.29 is 4.74 Å². The van der Waals surface area contributed by atoms with Crippen LogP contribution < -0.4 is 4.90 Å². The van der Waals surface area contributed by atoms with Crippen molar-refractivity contribution in [2.24, 2.45) is 11.8 Å². The highest BCUT2D eigenvalue weighted by Crippen LogP contribution is 2.51. The molecule has 2 heterocycles. The largest absolute Gasteiger partial charge is 0.490 e. The Balaban J connectivity index is 1.10. The van der Waals surface area contributed by atoms with Crippen molar-refractivity contribution in [3.05, 3.63) is 156 Å². The lowest BCUT2D eigenvalue weighted by Gasteiger charge is -2.30. The van der Waals surface area contributed by atoms with Gasteiger partial charge in [0.2, 0.25) is 0 Å². The van der Waals surface area contributed by atoms with E-state index in [4.69, 9.17) is 4.74 Å². The molecular formula is C42H39NO. The zero-order valence-electron chi connectivity index (χ0n) is 25.2. The number of rotatable bonds is 4. The molecule has 0 aromatic heterocycles. The Bertz CT molecular complexity index is 1790. The summed E-state index contributed by atoms with van der Waals surface area (Å²) in [4.78, 5) is 2.63. The van der Waals surface area contributed by atoms with Crippen LogP contribution in [0.25, 0.3) is 11.1 Å². The van der Waals surface area contributed by atoms with Gasteiger partial charge in [-0.2, -0.15) is 0 Å². The first-order chi connectivity index (χ1) is 21.8. The van der Waals surface area contributed by atoms with E-state index in [0.717, 1.165) is 18.6 Å². The van der Waals surface area contributed by atoms with Crippen LogP contribution in [0, 0.1) is 11.8 Å². The van der Waals surface area contributed by atoms with Crippen molar-refractivity contribution >= 4 is 22.5 Å². The third-order valence-electron chi connectivity index (χ3n) is 10.8. The lowest BCUT2D eigenvalue weighted by atomic mass is 9.78. The van der Waals surface area contributed by atoms with Gasteiger partial charge in [-0.3, -0.25) is 0 Å². The molecule has 5 aliphatic carbocycles. The van der Waals surface area contributed by atoms with Crippen LogP contribution in [0.4, 0.5) is 11.4 Å². The summed E-state index contributed by atoms with van der Waals surface area (Å²) < 4.78 is 6.31. The van der Waals surface area contributed by atoms with Crippen molar-refractivity contribution in [2.45, 2.75) is 62.5 Å². The van der Waals surface area contributed by atoms with Crippen LogP contribution in [0.1, 0.15) is 72.6 Å². The van der Waals surface area contributed by atoms with Crippen molar-refractivity contribution in [3.63, 3.8) is 0 Å². The van der Waals surface area contributed by atoms with E-state index in [9.17, 15) is 0 Å². The highest BCUT2D eigenvalue weighted by atomic mass is 16.5. The van der Waals surface area contributed by atoms with Gasteiger partial charge < -0.3 is 9.64 Å². The highest BCUT2D eigenvalue weighted by molar-refractivity contribution is 5.81. The van der Waals surface area contributed by atoms with Crippen molar-refractivity contribution in [1.29, 1.82) is 0 Å². The lowest BCUT2D eigenvalue weighted by molar-refractivity contribution is 0.184. The second kappa shape index (κ2) is 10.7. The summed E-state index contributed by atoms with van der Waals surface area (Å²) in [7, 11) is 0. The van der Waals surface area contributed by atoms with Crippen LogP contribution in [-0.4, -0.2) is 12.1 Å². The third-order valence-corrected chi connectivity index (χ3v) is 10.8. The number of hydrogen-bond acceptors (Lipinski definition) is 2. The minimum atomic E-state index is 0.183. The van der Waals surface area contributed by atoms with Crippen LogP contribution >= 0.6 is 0 Å². The van der Waals surface area contributed by atoms with E-state index in [-0.39, 0.29) is 12.1 Å². The molecule has 0 bridgehead atoms. The number of nitrogens with zero attached hydrogens (tertiary/aromatic N) is 1. The summed E-state index contributed by atoms with van der Waals surface area (Å²) in [6.07, 6.45) is 41.5. The van der Waals surface area contributed by atoms with Gasteiger partial charge in [0.25, 0.3) is 0 Å². The molecule has 0 saturated carbocycles. The molecule has 0 amide bonds. The fourth-order valence-corrected chi connectivity index (χ4v) is 8.56. The Kier molecular flexibility index (Phi) is 6.35. The Hall–Kier alpha value is -4.30. The van der Waals surface area contributed by atoms with E-state index in [2.05, 4.69) is 132 Å². The molecule has 9 rings (SSSR count). The minimum absolute atomic E-state index is 0.183. The average Bonchev–Trinajstić information content (AvgIpc) is 3.64. The number of allylic oxidation sites excluding steroid dienone is 14. The van der Waals surface area contributed by atoms with Gasteiger partial charge in [0.15, 0.2) is 0 Å². The summed E-state index contributed by atoms with van der Waals surface area (Å²) in [6.45, 7) is 0. The molecular weight excluding hydrogens is 534 g/mol. The summed E-state index contributed by atoms with van der Waals surface area (Å²) >= 11 is 0. The summed E-state index contributed by atoms with van der Waals surface area (Å²) in [5, 5.41) is 0. The topological polar surface area (TPSA) is 12.5 Å². The number of ether oxygens (including phenoxy) is 1. The van der Waals surface area contributed by atoms with E-state index >= 15 is 0 Å². The first-order valence-electron chi connectivity index (χ1n) is 16.7. The van der Waals surface area contributed by atoms with Crippen molar-refractivity contribution in [1.82, 2.24) is 0 Å². The first kappa shape index (κ1) is 26.1. The second-order valence-corrected chi connectivity index (χ2v) is 13.4. The molecule has 6 unspecified atom stereocenters. The van der Waals surface area contributed by atoms with Gasteiger partial charge in [-0.05, 0) is 108 Å². The van der Waals surface area contributed by atoms with Gasteiger partial charge in [0.1, 0.15) is 11.9 Å². The standard InChI is InChI=1S/C42H39NO/c1-3-11-28(12-4-1)32-23-33(29-13-5-2-6-14-29)25-34(24-32)43-39-17-9-7-15-35(39)37-26-30(19-21-40(37)43)31-20-22-42-38(27-31)36-16-8-10-18-41(36)44-42/h1,3-4,7-11,13,15-26,28,35-36,38-39,41H,2,5-6,12,14,27H2. The predicted octanol–water partition coefficient (Wildman–Crippen LogP) is 10.4. The Morgan fingerprint density at radius 3 is 2.57 bits per heavy atom. The van der Waals surface area contributed by atoms with Crippen molar-refractivity contribution in [3.8, 4) is 0 Å². The molecule has 6 atom stereocenters. The molecule has 2 aromatic carbocycles. The van der Waals surface area contributed by atoms with E-state index < -0.39 is 0 Å². The van der Waals surface area contributed by atoms with E-state index in [1.807, 2.05) is 0 Å². The molecule has 1 saturated heterocycles. The Labute approximate surface area is 261 Å². The highest BCUT2D eigenvalue weighted by Gasteiger charge is 2.42. The number of benzene rings is 2. The van der Waals surface area contributed by atoms with Crippen LogP contribution in [0.5, 0.6) is 0 Å². The van der Waals surface area contributed by atoms with Crippen LogP contribution in [0.3, 0.4) is 0 Å². The summed E-state index contributed by atoms with van der Waals surface area (Å²) in [5.74, 6) is 2.78. The van der Waals surface area contributed by atoms with Gasteiger partial charge in [0.05, 0.1) is 6.04 Å². The van der Waals surface area contributed by atoms with Gasteiger partial charge in [0, 0.05) is 35.0 Å². The molecule has 2 nitrogen and oxygen atoms in total. The average molecular weight is 574 g/mol. The molecule has 2 heteroatoms. The lowest BCUT2D eigenvalue weighted by Crippen LogP contribution is -2.28. The Morgan fingerprint density at radius 1 is 0.750 bits per heavy atom. The third kappa shape index (κ3) is 4.38. The SMILES string of the molecule is C1=CCC(c2cc(C3=CCCCC3)cc(N3c4ccc(C5=CC=C6OC7C=CC=CC7C6C5)cc4C4C=CC=CC43)c2)C=C1. The monoisotopic (exact) mass is 573 g/mol. The van der Waals surface area contributed by atoms with Crippen LogP contribution in [0.15, 0.2) is 133 Å². The molecule has 44 heavy (non-hydrogen) atoms. The smallest absolute Gasteiger partial charge is 0.124 e. The normalized spacial score (nSPS) is 30.6. The molecule has 0 spiro atoms. The first-order valence-corrected chi connectivity index (χ1v) is 16.7. The molecule has 0 radical (unpaired) electrons. The minimum Gasteiger partial charge on any atom is -0.490 e.